The van der Waals surface area contributed by atoms with Crippen LogP contribution in [-0.2, 0) is 4.79 Å². The molecule has 0 spiro atoms. The number of benzene rings is 2. The minimum atomic E-state index is -0.733. The van der Waals surface area contributed by atoms with Crippen LogP contribution >= 0.6 is 23.4 Å². The smallest absolute Gasteiger partial charge is 0.271 e. The number of nitro benzene ring substituents is 1. The third-order valence-corrected chi connectivity index (χ3v) is 4.28. The van der Waals surface area contributed by atoms with Crippen LogP contribution in [0.3, 0.4) is 0 Å². The zero-order chi connectivity index (χ0) is 19.1. The molecule has 9 heteroatoms. The molecule has 2 rings (SSSR count). The maximum absolute atomic E-state index is 12.2. The molecule has 7 nitrogen and oxygen atoms in total. The van der Waals surface area contributed by atoms with Crippen molar-refractivity contribution in [2.75, 3.05) is 16.9 Å². The third-order valence-electron chi connectivity index (χ3n) is 3.23. The molecule has 0 heterocycles. The lowest BCUT2D eigenvalue weighted by Gasteiger charge is -2.07. The summed E-state index contributed by atoms with van der Waals surface area (Å²) in [6.45, 7) is 0. The molecule has 0 aliphatic heterocycles. The summed E-state index contributed by atoms with van der Waals surface area (Å²) < 4.78 is 0. The van der Waals surface area contributed by atoms with Gasteiger partial charge in [-0.25, -0.2) is 0 Å². The Bertz CT molecular complexity index is 924. The van der Waals surface area contributed by atoms with Crippen LogP contribution in [0.15, 0.2) is 59.1 Å². The summed E-state index contributed by atoms with van der Waals surface area (Å²) in [5, 5.41) is 25.4. The third kappa shape index (κ3) is 4.99. The minimum Gasteiger partial charge on any atom is -0.360 e. The van der Waals surface area contributed by atoms with Crippen LogP contribution in [0.5, 0.6) is 0 Å². The van der Waals surface area contributed by atoms with Crippen molar-refractivity contribution in [2.24, 2.45) is 0 Å². The Balaban J connectivity index is 2.17. The second-order valence-corrected chi connectivity index (χ2v) is 6.21. The van der Waals surface area contributed by atoms with Crippen molar-refractivity contribution < 1.29 is 9.72 Å². The van der Waals surface area contributed by atoms with E-state index in [1.807, 2.05) is 24.5 Å². The van der Waals surface area contributed by atoms with Gasteiger partial charge >= 0.3 is 0 Å². The first-order valence-electron chi connectivity index (χ1n) is 7.20. The monoisotopic (exact) mass is 388 g/mol. The number of rotatable bonds is 6. The van der Waals surface area contributed by atoms with E-state index in [9.17, 15) is 20.2 Å². The molecule has 0 saturated carbocycles. The van der Waals surface area contributed by atoms with E-state index in [1.54, 1.807) is 23.9 Å². The van der Waals surface area contributed by atoms with Crippen LogP contribution in [0.4, 0.5) is 17.1 Å². The molecule has 0 unspecified atom stereocenters. The van der Waals surface area contributed by atoms with Gasteiger partial charge < -0.3 is 10.6 Å². The Morgan fingerprint density at radius 3 is 2.77 bits per heavy atom. The average Bonchev–Trinajstić information content (AvgIpc) is 2.64. The summed E-state index contributed by atoms with van der Waals surface area (Å²) in [6, 6.07) is 12.9. The van der Waals surface area contributed by atoms with E-state index < -0.39 is 10.8 Å². The molecule has 0 fully saturated rings. The zero-order valence-electron chi connectivity index (χ0n) is 13.5. The summed E-state index contributed by atoms with van der Waals surface area (Å²) in [5.41, 5.74) is 0.337. The zero-order valence-corrected chi connectivity index (χ0v) is 15.1. The number of anilines is 2. The Morgan fingerprint density at radius 1 is 1.35 bits per heavy atom. The average molecular weight is 389 g/mol. The number of nitrogens with one attached hydrogen (secondary N) is 2. The fourth-order valence-corrected chi connectivity index (χ4v) is 2.55. The number of nitrogens with zero attached hydrogens (tertiary/aromatic N) is 2. The topological polar surface area (TPSA) is 108 Å². The summed E-state index contributed by atoms with van der Waals surface area (Å²) in [6.07, 6.45) is 3.20. The van der Waals surface area contributed by atoms with Crippen molar-refractivity contribution in [3.8, 4) is 6.07 Å². The molecule has 2 aromatic rings. The normalized spacial score (nSPS) is 10.7. The molecule has 0 aromatic heterocycles. The summed E-state index contributed by atoms with van der Waals surface area (Å²) in [7, 11) is 0. The number of nitriles is 1. The van der Waals surface area contributed by atoms with Gasteiger partial charge in [0, 0.05) is 28.9 Å². The molecule has 0 radical (unpaired) electrons. The van der Waals surface area contributed by atoms with Crippen LogP contribution in [0, 0.1) is 21.4 Å². The molecule has 2 N–H and O–H groups in total. The van der Waals surface area contributed by atoms with Gasteiger partial charge in [0.2, 0.25) is 0 Å². The van der Waals surface area contributed by atoms with Crippen LogP contribution in [0.25, 0.3) is 0 Å². The van der Waals surface area contributed by atoms with Gasteiger partial charge in [0.1, 0.15) is 11.6 Å². The van der Waals surface area contributed by atoms with E-state index >= 15 is 0 Å². The molecule has 26 heavy (non-hydrogen) atoms. The predicted octanol–water partition coefficient (Wildman–Crippen LogP) is 4.43. The maximum Gasteiger partial charge on any atom is 0.271 e. The van der Waals surface area contributed by atoms with E-state index in [0.29, 0.717) is 5.69 Å². The van der Waals surface area contributed by atoms with Crippen LogP contribution in [0.1, 0.15) is 0 Å². The van der Waals surface area contributed by atoms with Gasteiger partial charge in [-0.15, -0.1) is 11.8 Å². The highest BCUT2D eigenvalue weighted by Gasteiger charge is 2.15. The largest absolute Gasteiger partial charge is 0.360 e. The number of carbonyl (C=O) groups is 1. The standard InChI is InChI=1S/C17H13ClN4O3S/c1-26-14-4-2-3-12(7-14)20-10-11(9-19)17(23)21-16-8-13(22(24)25)5-6-15(16)18/h2-8,10,20H,1H3,(H,21,23)/b11-10-. The van der Waals surface area contributed by atoms with E-state index in [2.05, 4.69) is 10.6 Å². The molecule has 0 aliphatic rings. The van der Waals surface area contributed by atoms with Crippen LogP contribution < -0.4 is 10.6 Å². The van der Waals surface area contributed by atoms with E-state index in [1.165, 1.54) is 18.3 Å². The number of thioether (sulfide) groups is 1. The van der Waals surface area contributed by atoms with Gasteiger partial charge in [0.25, 0.3) is 11.6 Å². The van der Waals surface area contributed by atoms with Crippen LogP contribution in [-0.4, -0.2) is 17.1 Å². The van der Waals surface area contributed by atoms with Crippen molar-refractivity contribution in [3.05, 3.63) is 69.4 Å². The van der Waals surface area contributed by atoms with Crippen LogP contribution in [0.2, 0.25) is 5.02 Å². The fraction of sp³-hybridized carbons (Fsp3) is 0.0588. The van der Waals surface area contributed by atoms with Gasteiger partial charge in [-0.3, -0.25) is 14.9 Å². The Morgan fingerprint density at radius 2 is 2.12 bits per heavy atom. The second-order valence-electron chi connectivity index (χ2n) is 4.92. The molecule has 0 saturated heterocycles. The SMILES string of the molecule is CSc1cccc(N/C=C(/C#N)C(=O)Nc2cc([N+](=O)[O-])ccc2Cl)c1. The van der Waals surface area contributed by atoms with Gasteiger partial charge in [0.15, 0.2) is 0 Å². The summed E-state index contributed by atoms with van der Waals surface area (Å²) in [4.78, 5) is 23.5. The summed E-state index contributed by atoms with van der Waals surface area (Å²) in [5.74, 6) is -0.733. The van der Waals surface area contributed by atoms with E-state index in [4.69, 9.17) is 11.6 Å². The molecule has 0 bridgehead atoms. The van der Waals surface area contributed by atoms with Crippen molar-refractivity contribution in [1.82, 2.24) is 0 Å². The number of non-ortho nitro benzene ring substituents is 1. The first kappa shape index (κ1) is 19.3. The van der Waals surface area contributed by atoms with Crippen molar-refractivity contribution >= 4 is 46.3 Å². The number of amides is 1. The molecule has 132 valence electrons. The van der Waals surface area contributed by atoms with Gasteiger partial charge in [-0.05, 0) is 30.5 Å². The number of carbonyl (C=O) groups excluding carboxylic acids is 1. The molecular weight excluding hydrogens is 376 g/mol. The quantitative estimate of drug-likeness (QED) is 0.249. The van der Waals surface area contributed by atoms with Crippen molar-refractivity contribution in [3.63, 3.8) is 0 Å². The van der Waals surface area contributed by atoms with Gasteiger partial charge in [-0.2, -0.15) is 5.26 Å². The molecule has 0 atom stereocenters. The highest BCUT2D eigenvalue weighted by Crippen LogP contribution is 2.27. The van der Waals surface area contributed by atoms with E-state index in [0.717, 1.165) is 11.0 Å². The van der Waals surface area contributed by atoms with Gasteiger partial charge in [0.05, 0.1) is 15.6 Å². The second kappa shape index (κ2) is 8.89. The van der Waals surface area contributed by atoms with E-state index in [-0.39, 0.29) is 22.0 Å². The Hall–Kier alpha value is -3.02. The lowest BCUT2D eigenvalue weighted by atomic mass is 10.2. The van der Waals surface area contributed by atoms with Gasteiger partial charge in [-0.1, -0.05) is 17.7 Å². The molecule has 1 amide bonds. The number of hydrogen-bond donors (Lipinski definition) is 2. The first-order chi connectivity index (χ1) is 12.4. The Kier molecular flexibility index (Phi) is 6.60. The van der Waals surface area contributed by atoms with Crippen molar-refractivity contribution in [2.45, 2.75) is 4.90 Å². The lowest BCUT2D eigenvalue weighted by Crippen LogP contribution is -2.15. The Labute approximate surface area is 158 Å². The fourth-order valence-electron chi connectivity index (χ4n) is 1.93. The number of hydrogen-bond acceptors (Lipinski definition) is 6. The maximum atomic E-state index is 12.2. The minimum absolute atomic E-state index is 0.0522. The van der Waals surface area contributed by atoms with Crippen molar-refractivity contribution in [1.29, 1.82) is 5.26 Å². The lowest BCUT2D eigenvalue weighted by molar-refractivity contribution is -0.384. The highest BCUT2D eigenvalue weighted by molar-refractivity contribution is 7.98. The summed E-state index contributed by atoms with van der Waals surface area (Å²) >= 11 is 7.50. The molecular formula is C17H13ClN4O3S. The first-order valence-corrected chi connectivity index (χ1v) is 8.81. The number of nitro groups is 1. The predicted molar refractivity (Wildman–Crippen MR) is 102 cm³/mol. The molecule has 0 aliphatic carbocycles. The highest BCUT2D eigenvalue weighted by atomic mass is 35.5. The number of halogens is 1. The molecule has 2 aromatic carbocycles.